The van der Waals surface area contributed by atoms with Gasteiger partial charge in [-0.25, -0.2) is 8.42 Å². The van der Waals surface area contributed by atoms with Crippen LogP contribution in [0.2, 0.25) is 0 Å². The van der Waals surface area contributed by atoms with Gasteiger partial charge in [0.25, 0.3) is 5.91 Å². The van der Waals surface area contributed by atoms with Crippen LogP contribution in [0.4, 0.5) is 5.69 Å². The molecule has 1 fully saturated rings. The topological polar surface area (TPSA) is 69.7 Å². The van der Waals surface area contributed by atoms with Crippen molar-refractivity contribution in [1.82, 2.24) is 9.21 Å². The molecule has 1 aliphatic rings. The maximum absolute atomic E-state index is 12.9. The molecule has 0 spiro atoms. The number of piperazine rings is 1. The number of sulfonamides is 1. The average Bonchev–Trinajstić information content (AvgIpc) is 2.82. The van der Waals surface area contributed by atoms with E-state index in [1.54, 1.807) is 16.4 Å². The molecular weight excluding hydrogens is 561 g/mol. The second-order valence-corrected chi connectivity index (χ2v) is 11.8. The Kier molecular flexibility index (Phi) is 7.71. The van der Waals surface area contributed by atoms with Crippen molar-refractivity contribution in [3.63, 3.8) is 0 Å². The number of nitrogens with one attached hydrogen (secondary N) is 1. The Labute approximate surface area is 215 Å². The fourth-order valence-corrected chi connectivity index (χ4v) is 6.04. The summed E-state index contributed by atoms with van der Waals surface area (Å²) in [5.41, 5.74) is 4.58. The highest BCUT2D eigenvalue weighted by atomic mass is 127. The first kappa shape index (κ1) is 24.8. The van der Waals surface area contributed by atoms with Crippen LogP contribution in [0.3, 0.4) is 0 Å². The lowest BCUT2D eigenvalue weighted by atomic mass is 10.1. The third-order valence-corrected chi connectivity index (χ3v) is 8.63. The van der Waals surface area contributed by atoms with Gasteiger partial charge in [-0.3, -0.25) is 9.69 Å². The molecule has 8 heteroatoms. The molecule has 0 atom stereocenters. The third-order valence-electron chi connectivity index (χ3n) is 6.05. The van der Waals surface area contributed by atoms with E-state index in [0.29, 0.717) is 36.6 Å². The summed E-state index contributed by atoms with van der Waals surface area (Å²) in [5.74, 6) is -0.134. The zero-order chi connectivity index (χ0) is 24.3. The summed E-state index contributed by atoms with van der Waals surface area (Å²) in [5, 5.41) is 2.97. The van der Waals surface area contributed by atoms with E-state index in [0.717, 1.165) is 32.5 Å². The minimum atomic E-state index is -3.46. The predicted octanol–water partition coefficient (Wildman–Crippen LogP) is 4.67. The van der Waals surface area contributed by atoms with Gasteiger partial charge in [-0.2, -0.15) is 4.31 Å². The zero-order valence-electron chi connectivity index (χ0n) is 19.3. The van der Waals surface area contributed by atoms with Crippen LogP contribution in [0.25, 0.3) is 0 Å². The number of carbonyl (C=O) groups excluding carboxylic acids is 1. The van der Waals surface area contributed by atoms with Gasteiger partial charge in [-0.1, -0.05) is 29.8 Å². The van der Waals surface area contributed by atoms with E-state index in [9.17, 15) is 13.2 Å². The van der Waals surface area contributed by atoms with E-state index < -0.39 is 10.0 Å². The van der Waals surface area contributed by atoms with Gasteiger partial charge in [0.1, 0.15) is 0 Å². The van der Waals surface area contributed by atoms with E-state index in [4.69, 9.17) is 0 Å². The second kappa shape index (κ2) is 10.6. The zero-order valence-corrected chi connectivity index (χ0v) is 22.3. The van der Waals surface area contributed by atoms with Gasteiger partial charge in [-0.15, -0.1) is 0 Å². The van der Waals surface area contributed by atoms with Crippen LogP contribution in [-0.4, -0.2) is 49.7 Å². The maximum Gasteiger partial charge on any atom is 0.255 e. The predicted molar refractivity (Wildman–Crippen MR) is 144 cm³/mol. The molecule has 178 valence electrons. The van der Waals surface area contributed by atoms with Crippen molar-refractivity contribution in [2.24, 2.45) is 0 Å². The number of amides is 1. The summed E-state index contributed by atoms with van der Waals surface area (Å²) in [6.45, 7) is 6.90. The molecule has 3 aromatic rings. The van der Waals surface area contributed by atoms with Crippen LogP contribution in [0.5, 0.6) is 0 Å². The Morgan fingerprint density at radius 1 is 0.912 bits per heavy atom. The van der Waals surface area contributed by atoms with Gasteiger partial charge in [0.05, 0.1) is 4.90 Å². The minimum Gasteiger partial charge on any atom is -0.322 e. The molecule has 0 aliphatic carbocycles. The smallest absolute Gasteiger partial charge is 0.255 e. The highest BCUT2D eigenvalue weighted by Crippen LogP contribution is 2.21. The molecule has 3 aromatic carbocycles. The van der Waals surface area contributed by atoms with Crippen LogP contribution >= 0.6 is 22.6 Å². The number of anilines is 1. The Balaban J connectivity index is 1.32. The summed E-state index contributed by atoms with van der Waals surface area (Å²) in [6.07, 6.45) is 0. The Hall–Kier alpha value is -2.27. The average molecular weight is 589 g/mol. The minimum absolute atomic E-state index is 0.134. The standard InChI is InChI=1S/C26H28IN3O3S/c1-19-3-10-24(11-4-19)34(32,33)30-15-13-29(14-16-30)18-21-5-7-22(8-6-21)26(31)28-25-12-9-23(27)17-20(25)2/h3-12,17H,13-16,18H2,1-2H3,(H,28,31). The first-order chi connectivity index (χ1) is 16.2. The lowest BCUT2D eigenvalue weighted by Crippen LogP contribution is -2.48. The molecule has 1 saturated heterocycles. The number of halogens is 1. The number of hydrogen-bond donors (Lipinski definition) is 1. The molecule has 0 aromatic heterocycles. The number of rotatable bonds is 6. The van der Waals surface area contributed by atoms with Crippen molar-refractivity contribution in [2.45, 2.75) is 25.3 Å². The number of hydrogen-bond acceptors (Lipinski definition) is 4. The molecule has 1 N–H and O–H groups in total. The van der Waals surface area contributed by atoms with Crippen LogP contribution in [-0.2, 0) is 16.6 Å². The van der Waals surface area contributed by atoms with Gasteiger partial charge >= 0.3 is 0 Å². The first-order valence-corrected chi connectivity index (χ1v) is 13.7. The van der Waals surface area contributed by atoms with E-state index in [1.807, 2.05) is 68.4 Å². The van der Waals surface area contributed by atoms with Gasteiger partial charge in [0.2, 0.25) is 10.0 Å². The fraction of sp³-hybridized carbons (Fsp3) is 0.269. The molecule has 0 unspecified atom stereocenters. The second-order valence-electron chi connectivity index (χ2n) is 8.60. The lowest BCUT2D eigenvalue weighted by Gasteiger charge is -2.34. The first-order valence-electron chi connectivity index (χ1n) is 11.2. The molecule has 0 radical (unpaired) electrons. The largest absolute Gasteiger partial charge is 0.322 e. The van der Waals surface area contributed by atoms with Gasteiger partial charge in [0, 0.05) is 47.5 Å². The van der Waals surface area contributed by atoms with Crippen LogP contribution < -0.4 is 5.32 Å². The van der Waals surface area contributed by atoms with Gasteiger partial charge in [0.15, 0.2) is 0 Å². The normalized spacial score (nSPS) is 15.3. The van der Waals surface area contributed by atoms with Crippen molar-refractivity contribution in [2.75, 3.05) is 31.5 Å². The Morgan fingerprint density at radius 3 is 2.18 bits per heavy atom. The summed E-state index contributed by atoms with van der Waals surface area (Å²) in [4.78, 5) is 15.2. The van der Waals surface area contributed by atoms with Gasteiger partial charge < -0.3 is 5.32 Å². The Morgan fingerprint density at radius 2 is 1.56 bits per heavy atom. The molecule has 1 aliphatic heterocycles. The van der Waals surface area contributed by atoms with Crippen molar-refractivity contribution in [3.8, 4) is 0 Å². The van der Waals surface area contributed by atoms with Crippen molar-refractivity contribution < 1.29 is 13.2 Å². The quantitative estimate of drug-likeness (QED) is 0.425. The van der Waals surface area contributed by atoms with Crippen LogP contribution in [0, 0.1) is 17.4 Å². The fourth-order valence-electron chi connectivity index (χ4n) is 3.97. The SMILES string of the molecule is Cc1ccc(S(=O)(=O)N2CCN(Cc3ccc(C(=O)Nc4ccc(I)cc4C)cc3)CC2)cc1. The lowest BCUT2D eigenvalue weighted by molar-refractivity contribution is 0.102. The highest BCUT2D eigenvalue weighted by molar-refractivity contribution is 14.1. The van der Waals surface area contributed by atoms with Crippen molar-refractivity contribution in [3.05, 3.63) is 92.6 Å². The molecule has 0 bridgehead atoms. The molecule has 34 heavy (non-hydrogen) atoms. The summed E-state index contributed by atoms with van der Waals surface area (Å²) in [6, 6.07) is 20.5. The number of aryl methyl sites for hydroxylation is 2. The molecule has 1 heterocycles. The highest BCUT2D eigenvalue weighted by Gasteiger charge is 2.28. The van der Waals surface area contributed by atoms with Crippen molar-refractivity contribution >= 4 is 44.2 Å². The van der Waals surface area contributed by atoms with Crippen molar-refractivity contribution in [1.29, 1.82) is 0 Å². The molecular formula is C26H28IN3O3S. The third kappa shape index (κ3) is 5.86. The molecule has 1 amide bonds. The molecule has 0 saturated carbocycles. The number of benzene rings is 3. The molecule has 4 rings (SSSR count). The van der Waals surface area contributed by atoms with Crippen LogP contribution in [0.15, 0.2) is 71.6 Å². The molecule has 6 nitrogen and oxygen atoms in total. The summed E-state index contributed by atoms with van der Waals surface area (Å²) in [7, 11) is -3.46. The van der Waals surface area contributed by atoms with E-state index >= 15 is 0 Å². The van der Waals surface area contributed by atoms with Gasteiger partial charge in [-0.05, 0) is 90.0 Å². The van der Waals surface area contributed by atoms with Crippen LogP contribution in [0.1, 0.15) is 27.0 Å². The van der Waals surface area contributed by atoms with E-state index in [-0.39, 0.29) is 5.91 Å². The number of carbonyl (C=O) groups is 1. The van der Waals surface area contributed by atoms with E-state index in [2.05, 4.69) is 32.8 Å². The summed E-state index contributed by atoms with van der Waals surface area (Å²) >= 11 is 2.25. The Bertz CT molecular complexity index is 1270. The number of nitrogens with zero attached hydrogens (tertiary/aromatic N) is 2. The van der Waals surface area contributed by atoms with E-state index in [1.165, 1.54) is 0 Å². The maximum atomic E-state index is 12.9. The summed E-state index contributed by atoms with van der Waals surface area (Å²) < 4.78 is 28.5. The monoisotopic (exact) mass is 589 g/mol.